The summed E-state index contributed by atoms with van der Waals surface area (Å²) in [4.78, 5) is 0. The zero-order valence-electron chi connectivity index (χ0n) is 9.57. The molecule has 17 heavy (non-hydrogen) atoms. The fraction of sp³-hybridized carbons (Fsp3) is 0.556. The first kappa shape index (κ1) is 17.3. The zero-order chi connectivity index (χ0) is 12.2. The van der Waals surface area contributed by atoms with Crippen molar-refractivity contribution in [3.05, 3.63) is 15.9 Å². The smallest absolute Gasteiger partial charge is 0.250 e. The van der Waals surface area contributed by atoms with E-state index in [0.717, 1.165) is 10.3 Å². The summed E-state index contributed by atoms with van der Waals surface area (Å²) < 4.78 is 27.3. The molecular formula is C9H16BrClN2O2S2. The van der Waals surface area contributed by atoms with E-state index in [1.807, 2.05) is 13.8 Å². The molecule has 100 valence electrons. The van der Waals surface area contributed by atoms with Gasteiger partial charge in [0.25, 0.3) is 0 Å². The number of sulfonamides is 1. The van der Waals surface area contributed by atoms with Gasteiger partial charge < -0.3 is 5.32 Å². The first-order valence-electron chi connectivity index (χ1n) is 4.94. The summed E-state index contributed by atoms with van der Waals surface area (Å²) in [5.41, 5.74) is 0. The van der Waals surface area contributed by atoms with Crippen molar-refractivity contribution in [3.63, 3.8) is 0 Å². The molecule has 8 heteroatoms. The van der Waals surface area contributed by atoms with Crippen molar-refractivity contribution in [2.45, 2.75) is 24.1 Å². The molecule has 0 radical (unpaired) electrons. The fourth-order valence-corrected chi connectivity index (χ4v) is 4.35. The van der Waals surface area contributed by atoms with Crippen LogP contribution in [0.1, 0.15) is 13.8 Å². The van der Waals surface area contributed by atoms with E-state index in [-0.39, 0.29) is 18.4 Å². The van der Waals surface area contributed by atoms with E-state index in [1.54, 1.807) is 12.1 Å². The third-order valence-corrected chi connectivity index (χ3v) is 5.48. The third-order valence-electron chi connectivity index (χ3n) is 1.95. The second-order valence-corrected chi connectivity index (χ2v) is 7.83. The van der Waals surface area contributed by atoms with Crippen LogP contribution in [0.15, 0.2) is 20.1 Å². The molecule has 0 amide bonds. The molecule has 0 fully saturated rings. The van der Waals surface area contributed by atoms with Crippen molar-refractivity contribution in [1.82, 2.24) is 10.0 Å². The van der Waals surface area contributed by atoms with Crippen LogP contribution in [0.4, 0.5) is 0 Å². The average Bonchev–Trinajstić information content (AvgIpc) is 2.63. The van der Waals surface area contributed by atoms with Gasteiger partial charge in [0.05, 0.1) is 3.79 Å². The minimum Gasteiger partial charge on any atom is -0.313 e. The first-order chi connectivity index (χ1) is 7.45. The highest BCUT2D eigenvalue weighted by molar-refractivity contribution is 9.11. The van der Waals surface area contributed by atoms with Crippen molar-refractivity contribution in [2.24, 2.45) is 0 Å². The van der Waals surface area contributed by atoms with Gasteiger partial charge in [-0.3, -0.25) is 0 Å². The average molecular weight is 364 g/mol. The summed E-state index contributed by atoms with van der Waals surface area (Å²) in [6.07, 6.45) is 0. The minimum atomic E-state index is -3.35. The Bertz CT molecular complexity index is 436. The summed E-state index contributed by atoms with van der Waals surface area (Å²) in [6, 6.07) is 3.45. The van der Waals surface area contributed by atoms with Crippen LogP contribution in [0, 0.1) is 0 Å². The van der Waals surface area contributed by atoms with Gasteiger partial charge in [-0.2, -0.15) is 0 Å². The second-order valence-electron chi connectivity index (χ2n) is 3.37. The maximum Gasteiger partial charge on any atom is 0.250 e. The van der Waals surface area contributed by atoms with Crippen LogP contribution in [0.3, 0.4) is 0 Å². The van der Waals surface area contributed by atoms with Gasteiger partial charge >= 0.3 is 0 Å². The maximum absolute atomic E-state index is 11.8. The number of rotatable bonds is 6. The van der Waals surface area contributed by atoms with Crippen molar-refractivity contribution in [1.29, 1.82) is 0 Å². The molecular weight excluding hydrogens is 348 g/mol. The topological polar surface area (TPSA) is 58.2 Å². The van der Waals surface area contributed by atoms with Crippen LogP contribution in [0.5, 0.6) is 0 Å². The highest BCUT2D eigenvalue weighted by Crippen LogP contribution is 2.25. The van der Waals surface area contributed by atoms with Gasteiger partial charge in [-0.1, -0.05) is 6.92 Å². The predicted molar refractivity (Wildman–Crippen MR) is 77.6 cm³/mol. The number of halogens is 2. The van der Waals surface area contributed by atoms with Gasteiger partial charge in [0.15, 0.2) is 0 Å². The van der Waals surface area contributed by atoms with E-state index >= 15 is 0 Å². The van der Waals surface area contributed by atoms with Crippen LogP contribution in [-0.4, -0.2) is 27.5 Å². The number of hydrogen-bond donors (Lipinski definition) is 2. The molecule has 0 aliphatic heterocycles. The van der Waals surface area contributed by atoms with E-state index in [0.29, 0.717) is 10.8 Å². The first-order valence-corrected chi connectivity index (χ1v) is 8.03. The molecule has 0 aliphatic carbocycles. The molecule has 1 atom stereocenters. The van der Waals surface area contributed by atoms with Crippen molar-refractivity contribution >= 4 is 49.7 Å². The zero-order valence-corrected chi connectivity index (χ0v) is 13.6. The van der Waals surface area contributed by atoms with Crippen LogP contribution >= 0.6 is 39.7 Å². The lowest BCUT2D eigenvalue weighted by Crippen LogP contribution is -2.38. The Kier molecular flexibility index (Phi) is 7.86. The Morgan fingerprint density at radius 3 is 2.59 bits per heavy atom. The molecule has 0 aliphatic rings. The quantitative estimate of drug-likeness (QED) is 0.814. The normalized spacial score (nSPS) is 13.1. The Morgan fingerprint density at radius 1 is 1.47 bits per heavy atom. The van der Waals surface area contributed by atoms with Gasteiger partial charge in [0.1, 0.15) is 4.21 Å². The van der Waals surface area contributed by atoms with Gasteiger partial charge in [-0.05, 0) is 41.5 Å². The van der Waals surface area contributed by atoms with Crippen LogP contribution in [0.25, 0.3) is 0 Å². The van der Waals surface area contributed by atoms with E-state index < -0.39 is 10.0 Å². The number of hydrogen-bond acceptors (Lipinski definition) is 4. The summed E-state index contributed by atoms with van der Waals surface area (Å²) in [6.45, 7) is 5.15. The van der Waals surface area contributed by atoms with Crippen molar-refractivity contribution in [2.75, 3.05) is 13.1 Å². The second kappa shape index (κ2) is 7.70. The monoisotopic (exact) mass is 362 g/mol. The predicted octanol–water partition coefficient (Wildman–Crippen LogP) is 2.21. The third kappa shape index (κ3) is 5.67. The van der Waals surface area contributed by atoms with E-state index in [1.165, 1.54) is 11.3 Å². The summed E-state index contributed by atoms with van der Waals surface area (Å²) in [5.74, 6) is 0. The highest BCUT2D eigenvalue weighted by atomic mass is 79.9. The molecule has 1 rings (SSSR count). The largest absolute Gasteiger partial charge is 0.313 e. The number of likely N-dealkylation sites (N-methyl/N-ethyl adjacent to an activating group) is 1. The summed E-state index contributed by atoms with van der Waals surface area (Å²) in [7, 11) is -3.35. The molecule has 1 aromatic rings. The molecule has 0 spiro atoms. The molecule has 1 aromatic heterocycles. The molecule has 1 heterocycles. The lowest BCUT2D eigenvalue weighted by molar-refractivity contribution is 0.537. The Labute approximate surface area is 121 Å². The Balaban J connectivity index is 0.00000256. The van der Waals surface area contributed by atoms with Crippen molar-refractivity contribution < 1.29 is 8.42 Å². The van der Waals surface area contributed by atoms with Gasteiger partial charge in [0, 0.05) is 12.6 Å². The molecule has 0 bridgehead atoms. The highest BCUT2D eigenvalue weighted by Gasteiger charge is 2.16. The maximum atomic E-state index is 11.8. The molecule has 4 nitrogen and oxygen atoms in total. The minimum absolute atomic E-state index is 0. The summed E-state index contributed by atoms with van der Waals surface area (Å²) in [5, 5.41) is 3.14. The van der Waals surface area contributed by atoms with Crippen LogP contribution in [0.2, 0.25) is 0 Å². The SMILES string of the molecule is CCN[C@H](C)CNS(=O)(=O)c1ccc(Br)s1.Cl. The van der Waals surface area contributed by atoms with E-state index in [4.69, 9.17) is 0 Å². The molecule has 0 aromatic carbocycles. The van der Waals surface area contributed by atoms with E-state index in [9.17, 15) is 8.42 Å². The van der Waals surface area contributed by atoms with Gasteiger partial charge in [-0.25, -0.2) is 13.1 Å². The van der Waals surface area contributed by atoms with Gasteiger partial charge in [-0.15, -0.1) is 23.7 Å². The standard InChI is InChI=1S/C9H15BrN2O2S2.ClH/c1-3-11-7(2)6-12-16(13,14)9-5-4-8(10)15-9;/h4-5,7,11-12H,3,6H2,1-2H3;1H/t7-;/m1./s1. The molecule has 0 saturated carbocycles. The van der Waals surface area contributed by atoms with Crippen LogP contribution < -0.4 is 10.0 Å². The Hall–Kier alpha value is 0.340. The fourth-order valence-electron chi connectivity index (χ4n) is 1.17. The lowest BCUT2D eigenvalue weighted by Gasteiger charge is -2.12. The number of thiophene rings is 1. The Morgan fingerprint density at radius 2 is 2.12 bits per heavy atom. The summed E-state index contributed by atoms with van der Waals surface area (Å²) >= 11 is 4.45. The molecule has 2 N–H and O–H groups in total. The van der Waals surface area contributed by atoms with Crippen LogP contribution in [-0.2, 0) is 10.0 Å². The van der Waals surface area contributed by atoms with E-state index in [2.05, 4.69) is 26.0 Å². The molecule has 0 saturated heterocycles. The van der Waals surface area contributed by atoms with Crippen molar-refractivity contribution in [3.8, 4) is 0 Å². The lowest BCUT2D eigenvalue weighted by atomic mass is 10.3. The molecule has 0 unspecified atom stereocenters. The van der Waals surface area contributed by atoms with Gasteiger partial charge in [0.2, 0.25) is 10.0 Å². The number of nitrogens with one attached hydrogen (secondary N) is 2.